The first-order valence-electron chi connectivity index (χ1n) is 6.51. The lowest BCUT2D eigenvalue weighted by Gasteiger charge is -2.25. The molecule has 1 aromatic heterocycles. The molecule has 1 amide bonds. The molecule has 2 rings (SSSR count). The summed E-state index contributed by atoms with van der Waals surface area (Å²) in [5.41, 5.74) is -1.57. The van der Waals surface area contributed by atoms with E-state index >= 15 is 0 Å². The zero-order chi connectivity index (χ0) is 15.7. The topological polar surface area (TPSA) is 71.3 Å². The molecule has 0 aromatic carbocycles. The molecule has 1 fully saturated rings. The highest BCUT2D eigenvalue weighted by Crippen LogP contribution is 2.30. The van der Waals surface area contributed by atoms with Crippen LogP contribution in [-0.2, 0) is 11.3 Å². The number of nitrogens with one attached hydrogen (secondary N) is 1. The van der Waals surface area contributed by atoms with Crippen LogP contribution < -0.4 is 5.32 Å². The molecule has 0 bridgehead atoms. The van der Waals surface area contributed by atoms with Crippen molar-refractivity contribution in [3.63, 3.8) is 0 Å². The van der Waals surface area contributed by atoms with Crippen LogP contribution in [0.5, 0.6) is 0 Å². The molecule has 0 atom stereocenters. The summed E-state index contributed by atoms with van der Waals surface area (Å²) < 4.78 is 38.0. The average Bonchev–Trinajstić information content (AvgIpc) is 2.96. The molecule has 5 nitrogen and oxygen atoms in total. The van der Waals surface area contributed by atoms with Crippen molar-refractivity contribution in [1.82, 2.24) is 9.88 Å². The Labute approximate surface area is 118 Å². The minimum Gasteiger partial charge on any atom is -0.480 e. The van der Waals surface area contributed by atoms with Crippen LogP contribution in [0.15, 0.2) is 18.3 Å². The maximum Gasteiger partial charge on any atom is 0.406 e. The van der Waals surface area contributed by atoms with Gasteiger partial charge in [-0.05, 0) is 25.0 Å². The normalized spacial score (nSPS) is 17.7. The molecule has 1 aromatic rings. The minimum atomic E-state index is -4.45. The maximum atomic E-state index is 12.4. The monoisotopic (exact) mass is 304 g/mol. The maximum absolute atomic E-state index is 12.4. The van der Waals surface area contributed by atoms with Crippen molar-refractivity contribution in [1.29, 1.82) is 0 Å². The molecule has 0 aliphatic heterocycles. The Morgan fingerprint density at radius 3 is 2.48 bits per heavy atom. The summed E-state index contributed by atoms with van der Waals surface area (Å²) in [4.78, 5) is 23.5. The third-order valence-electron chi connectivity index (χ3n) is 3.63. The second-order valence-corrected chi connectivity index (χ2v) is 5.18. The van der Waals surface area contributed by atoms with Gasteiger partial charge < -0.3 is 15.0 Å². The van der Waals surface area contributed by atoms with Gasteiger partial charge in [-0.3, -0.25) is 4.79 Å². The average molecular weight is 304 g/mol. The molecule has 21 heavy (non-hydrogen) atoms. The third-order valence-corrected chi connectivity index (χ3v) is 3.63. The van der Waals surface area contributed by atoms with Gasteiger partial charge in [-0.15, -0.1) is 0 Å². The lowest BCUT2D eigenvalue weighted by molar-refractivity contribution is -0.144. The summed E-state index contributed by atoms with van der Waals surface area (Å²) in [5.74, 6) is -1.95. The molecule has 1 heterocycles. The summed E-state index contributed by atoms with van der Waals surface area (Å²) >= 11 is 0. The van der Waals surface area contributed by atoms with Crippen LogP contribution in [0.1, 0.15) is 36.2 Å². The quantitative estimate of drug-likeness (QED) is 0.895. The summed E-state index contributed by atoms with van der Waals surface area (Å²) in [6.07, 6.45) is -1.41. The molecule has 0 spiro atoms. The van der Waals surface area contributed by atoms with Gasteiger partial charge in [0.15, 0.2) is 0 Å². The molecule has 1 aliphatic rings. The number of aliphatic carboxylic acids is 1. The van der Waals surface area contributed by atoms with E-state index in [1.54, 1.807) is 0 Å². The van der Waals surface area contributed by atoms with Crippen molar-refractivity contribution < 1.29 is 27.9 Å². The standard InChI is InChI=1S/C13H15F3N2O3/c14-13(15,16)8-18-7-3-4-9(18)10(19)17-12(11(20)21)5-1-2-6-12/h3-4,7H,1-2,5-6,8H2,(H,17,19)(H,20,21). The van der Waals surface area contributed by atoms with Crippen LogP contribution in [0.4, 0.5) is 13.2 Å². The summed E-state index contributed by atoms with van der Waals surface area (Å²) in [6, 6.07) is 2.56. The van der Waals surface area contributed by atoms with Gasteiger partial charge in [0.2, 0.25) is 0 Å². The van der Waals surface area contributed by atoms with Gasteiger partial charge in [-0.2, -0.15) is 13.2 Å². The highest BCUT2D eigenvalue weighted by Gasteiger charge is 2.43. The number of aromatic nitrogens is 1. The Hall–Kier alpha value is -1.99. The first kappa shape index (κ1) is 15.4. The number of rotatable bonds is 4. The van der Waals surface area contributed by atoms with Crippen molar-refractivity contribution in [3.8, 4) is 0 Å². The molecule has 0 unspecified atom stereocenters. The number of carbonyl (C=O) groups is 2. The fourth-order valence-corrected chi connectivity index (χ4v) is 2.60. The molecule has 116 valence electrons. The molecular formula is C13H15F3N2O3. The smallest absolute Gasteiger partial charge is 0.406 e. The van der Waals surface area contributed by atoms with E-state index in [-0.39, 0.29) is 18.5 Å². The van der Waals surface area contributed by atoms with E-state index in [1.165, 1.54) is 12.1 Å². The Morgan fingerprint density at radius 2 is 1.95 bits per heavy atom. The van der Waals surface area contributed by atoms with Gasteiger partial charge in [-0.25, -0.2) is 4.79 Å². The van der Waals surface area contributed by atoms with Crippen LogP contribution >= 0.6 is 0 Å². The van der Waals surface area contributed by atoms with Crippen LogP contribution in [0.3, 0.4) is 0 Å². The Balaban J connectivity index is 2.17. The highest BCUT2D eigenvalue weighted by molar-refractivity contribution is 5.96. The van der Waals surface area contributed by atoms with Crippen molar-refractivity contribution >= 4 is 11.9 Å². The number of carbonyl (C=O) groups excluding carboxylic acids is 1. The molecule has 8 heteroatoms. The molecule has 0 saturated heterocycles. The number of nitrogens with zero attached hydrogens (tertiary/aromatic N) is 1. The van der Waals surface area contributed by atoms with Crippen LogP contribution in [-0.4, -0.2) is 33.3 Å². The van der Waals surface area contributed by atoms with Crippen LogP contribution in [0.2, 0.25) is 0 Å². The lowest BCUT2D eigenvalue weighted by atomic mass is 9.97. The Bertz CT molecular complexity index is 545. The summed E-state index contributed by atoms with van der Waals surface area (Å²) in [6.45, 7) is -1.29. The number of amides is 1. The number of alkyl halides is 3. The number of carboxylic acids is 1. The van der Waals surface area contributed by atoms with Crippen LogP contribution in [0, 0.1) is 0 Å². The van der Waals surface area contributed by atoms with Crippen molar-refractivity contribution in [2.45, 2.75) is 43.9 Å². The Kier molecular flexibility index (Phi) is 3.97. The minimum absolute atomic E-state index is 0.195. The Morgan fingerprint density at radius 1 is 1.33 bits per heavy atom. The number of hydrogen-bond acceptors (Lipinski definition) is 2. The van der Waals surface area contributed by atoms with E-state index in [1.807, 2.05) is 0 Å². The second-order valence-electron chi connectivity index (χ2n) is 5.18. The van der Waals surface area contributed by atoms with Crippen LogP contribution in [0.25, 0.3) is 0 Å². The van der Waals surface area contributed by atoms with Gasteiger partial charge in [0.25, 0.3) is 5.91 Å². The van der Waals surface area contributed by atoms with Crippen molar-refractivity contribution in [3.05, 3.63) is 24.0 Å². The highest BCUT2D eigenvalue weighted by atomic mass is 19.4. The number of carboxylic acid groups (broad SMARTS) is 1. The molecule has 1 saturated carbocycles. The van der Waals surface area contributed by atoms with Crippen molar-refractivity contribution in [2.24, 2.45) is 0 Å². The zero-order valence-corrected chi connectivity index (χ0v) is 11.1. The number of halogens is 3. The predicted molar refractivity (Wildman–Crippen MR) is 66.8 cm³/mol. The predicted octanol–water partition coefficient (Wildman–Crippen LogP) is 2.18. The van der Waals surface area contributed by atoms with E-state index in [4.69, 9.17) is 0 Å². The summed E-state index contributed by atoms with van der Waals surface area (Å²) in [5, 5.41) is 11.7. The van der Waals surface area contributed by atoms with E-state index in [0.717, 1.165) is 10.8 Å². The van der Waals surface area contributed by atoms with E-state index in [2.05, 4.69) is 5.32 Å². The van der Waals surface area contributed by atoms with Gasteiger partial charge >= 0.3 is 12.1 Å². The SMILES string of the molecule is O=C(NC1(C(=O)O)CCCC1)c1cccn1CC(F)(F)F. The third kappa shape index (κ3) is 3.37. The second kappa shape index (κ2) is 5.42. The molecule has 0 radical (unpaired) electrons. The van der Waals surface area contributed by atoms with Gasteiger partial charge in [0.05, 0.1) is 0 Å². The van der Waals surface area contributed by atoms with E-state index < -0.39 is 30.1 Å². The fourth-order valence-electron chi connectivity index (χ4n) is 2.60. The van der Waals surface area contributed by atoms with Crippen molar-refractivity contribution in [2.75, 3.05) is 0 Å². The molecular weight excluding hydrogens is 289 g/mol. The van der Waals surface area contributed by atoms with Gasteiger partial charge in [0.1, 0.15) is 17.8 Å². The first-order chi connectivity index (χ1) is 9.73. The largest absolute Gasteiger partial charge is 0.480 e. The summed E-state index contributed by atoms with van der Waals surface area (Å²) in [7, 11) is 0. The fraction of sp³-hybridized carbons (Fsp3) is 0.538. The molecule has 2 N–H and O–H groups in total. The lowest BCUT2D eigenvalue weighted by Crippen LogP contribution is -2.52. The van der Waals surface area contributed by atoms with Gasteiger partial charge in [-0.1, -0.05) is 12.8 Å². The zero-order valence-electron chi connectivity index (χ0n) is 11.1. The van der Waals surface area contributed by atoms with Gasteiger partial charge in [0, 0.05) is 6.20 Å². The first-order valence-corrected chi connectivity index (χ1v) is 6.51. The van der Waals surface area contributed by atoms with E-state index in [0.29, 0.717) is 12.8 Å². The number of hydrogen-bond donors (Lipinski definition) is 2. The van der Waals surface area contributed by atoms with E-state index in [9.17, 15) is 27.9 Å². The molecule has 1 aliphatic carbocycles.